The van der Waals surface area contributed by atoms with Gasteiger partial charge in [-0.3, -0.25) is 0 Å². The molecule has 0 spiro atoms. The van der Waals surface area contributed by atoms with E-state index in [1.54, 1.807) is 26.0 Å². The Morgan fingerprint density at radius 3 is 2.38 bits per heavy atom. The van der Waals surface area contributed by atoms with Crippen LogP contribution in [-0.4, -0.2) is 38.3 Å². The summed E-state index contributed by atoms with van der Waals surface area (Å²) in [6.07, 6.45) is 2.38. The Hall–Kier alpha value is -1.27. The largest absolute Gasteiger partial charge is 0.397 e. The molecule has 0 saturated carbocycles. The molecule has 1 aliphatic rings. The zero-order valence-corrected chi connectivity index (χ0v) is 13.9. The Morgan fingerprint density at radius 2 is 1.90 bits per heavy atom. The molecular weight excluding hydrogens is 286 g/mol. The first kappa shape index (κ1) is 16.1. The normalized spacial score (nSPS) is 16.6. The highest BCUT2D eigenvalue weighted by Gasteiger charge is 2.23. The first-order chi connectivity index (χ1) is 9.87. The van der Waals surface area contributed by atoms with E-state index in [1.807, 2.05) is 6.07 Å². The Bertz CT molecular complexity index is 593. The number of hydrazine groups is 1. The summed E-state index contributed by atoms with van der Waals surface area (Å²) >= 11 is 0. The smallest absolute Gasteiger partial charge is 0.180 e. The van der Waals surface area contributed by atoms with Crippen LogP contribution in [0.15, 0.2) is 23.1 Å². The standard InChI is InChI=1S/C15H25N3O2S/c1-4-18(17-9-5-6-10-17)15-8-7-13(11-14(15)16)21(19,20)12(2)3/h7-8,11-12H,4-6,9-10,16H2,1-3H3. The predicted molar refractivity (Wildman–Crippen MR) is 87.0 cm³/mol. The van der Waals surface area contributed by atoms with Crippen LogP contribution in [0.1, 0.15) is 33.6 Å². The van der Waals surface area contributed by atoms with Gasteiger partial charge < -0.3 is 10.7 Å². The van der Waals surface area contributed by atoms with Crippen molar-refractivity contribution in [3.63, 3.8) is 0 Å². The van der Waals surface area contributed by atoms with Gasteiger partial charge in [-0.15, -0.1) is 0 Å². The van der Waals surface area contributed by atoms with Crippen LogP contribution >= 0.6 is 0 Å². The van der Waals surface area contributed by atoms with Crippen LogP contribution < -0.4 is 10.7 Å². The summed E-state index contributed by atoms with van der Waals surface area (Å²) in [6, 6.07) is 5.08. The number of hydrogen-bond donors (Lipinski definition) is 1. The highest BCUT2D eigenvalue weighted by Crippen LogP contribution is 2.30. The van der Waals surface area contributed by atoms with Crippen LogP contribution in [0.25, 0.3) is 0 Å². The Kier molecular flexibility index (Phi) is 4.78. The van der Waals surface area contributed by atoms with Gasteiger partial charge in [0.1, 0.15) is 0 Å². The number of nitrogen functional groups attached to an aromatic ring is 1. The first-order valence-electron chi connectivity index (χ1n) is 7.53. The van der Waals surface area contributed by atoms with Crippen molar-refractivity contribution < 1.29 is 8.42 Å². The van der Waals surface area contributed by atoms with E-state index in [0.717, 1.165) is 25.3 Å². The lowest BCUT2D eigenvalue weighted by Crippen LogP contribution is -2.41. The maximum absolute atomic E-state index is 12.2. The Morgan fingerprint density at radius 1 is 1.29 bits per heavy atom. The van der Waals surface area contributed by atoms with E-state index in [1.165, 1.54) is 12.8 Å². The SMILES string of the molecule is CCN(c1ccc(S(=O)(=O)C(C)C)cc1N)N1CCCC1. The van der Waals surface area contributed by atoms with E-state index in [4.69, 9.17) is 5.73 Å². The lowest BCUT2D eigenvalue weighted by Gasteiger charge is -2.33. The molecule has 0 unspecified atom stereocenters. The number of anilines is 2. The summed E-state index contributed by atoms with van der Waals surface area (Å²) in [5, 5.41) is 3.99. The quantitative estimate of drug-likeness (QED) is 0.845. The van der Waals surface area contributed by atoms with Crippen molar-refractivity contribution >= 4 is 21.2 Å². The molecule has 0 bridgehead atoms. The van der Waals surface area contributed by atoms with Crippen molar-refractivity contribution in [3.8, 4) is 0 Å². The molecule has 1 fully saturated rings. The average molecular weight is 311 g/mol. The minimum Gasteiger partial charge on any atom is -0.397 e. The second-order valence-corrected chi connectivity index (χ2v) is 8.20. The molecule has 1 aromatic rings. The number of hydrogen-bond acceptors (Lipinski definition) is 5. The predicted octanol–water partition coefficient (Wildman–Crippen LogP) is 2.29. The monoisotopic (exact) mass is 311 g/mol. The topological polar surface area (TPSA) is 66.6 Å². The van der Waals surface area contributed by atoms with Crippen LogP contribution in [0.5, 0.6) is 0 Å². The van der Waals surface area contributed by atoms with E-state index in [-0.39, 0.29) is 0 Å². The van der Waals surface area contributed by atoms with Gasteiger partial charge in [0.25, 0.3) is 0 Å². The summed E-state index contributed by atoms with van der Waals surface area (Å²) < 4.78 is 24.4. The summed E-state index contributed by atoms with van der Waals surface area (Å²) in [6.45, 7) is 8.32. The minimum atomic E-state index is -3.28. The molecule has 1 heterocycles. The van der Waals surface area contributed by atoms with Gasteiger partial charge in [-0.2, -0.15) is 0 Å². The zero-order chi connectivity index (χ0) is 15.6. The molecule has 21 heavy (non-hydrogen) atoms. The molecule has 1 aromatic carbocycles. The minimum absolute atomic E-state index is 0.302. The van der Waals surface area contributed by atoms with Crippen molar-refractivity contribution in [3.05, 3.63) is 18.2 Å². The number of sulfone groups is 1. The van der Waals surface area contributed by atoms with Crippen LogP contribution in [0.3, 0.4) is 0 Å². The molecule has 2 rings (SSSR count). The van der Waals surface area contributed by atoms with Crippen molar-refractivity contribution in [2.75, 3.05) is 30.4 Å². The van der Waals surface area contributed by atoms with Crippen molar-refractivity contribution in [2.24, 2.45) is 0 Å². The number of nitrogens with zero attached hydrogens (tertiary/aromatic N) is 2. The summed E-state index contributed by atoms with van der Waals surface area (Å²) in [4.78, 5) is 0.302. The van der Waals surface area contributed by atoms with Crippen LogP contribution in [-0.2, 0) is 9.84 Å². The third-order valence-corrected chi connectivity index (χ3v) is 6.10. The van der Waals surface area contributed by atoms with Gasteiger partial charge in [-0.05, 0) is 51.8 Å². The maximum Gasteiger partial charge on any atom is 0.180 e. The third kappa shape index (κ3) is 3.16. The molecule has 5 nitrogen and oxygen atoms in total. The Labute approximate surface area is 127 Å². The fraction of sp³-hybridized carbons (Fsp3) is 0.600. The second-order valence-electron chi connectivity index (χ2n) is 5.69. The van der Waals surface area contributed by atoms with Crippen molar-refractivity contribution in [1.29, 1.82) is 0 Å². The zero-order valence-electron chi connectivity index (χ0n) is 13.0. The molecule has 6 heteroatoms. The Balaban J connectivity index is 2.34. The average Bonchev–Trinajstić information content (AvgIpc) is 2.95. The molecule has 0 amide bonds. The molecule has 1 saturated heterocycles. The molecule has 2 N–H and O–H groups in total. The van der Waals surface area contributed by atoms with E-state index in [2.05, 4.69) is 16.9 Å². The van der Waals surface area contributed by atoms with Crippen molar-refractivity contribution in [2.45, 2.75) is 43.8 Å². The number of nitrogens with two attached hydrogens (primary N) is 1. The number of benzene rings is 1. The lowest BCUT2D eigenvalue weighted by molar-refractivity contribution is 0.312. The van der Waals surface area contributed by atoms with Crippen molar-refractivity contribution in [1.82, 2.24) is 5.01 Å². The van der Waals surface area contributed by atoms with Crippen LogP contribution in [0, 0.1) is 0 Å². The van der Waals surface area contributed by atoms with Gasteiger partial charge >= 0.3 is 0 Å². The van der Waals surface area contributed by atoms with Gasteiger partial charge in [0, 0.05) is 19.6 Å². The molecule has 118 valence electrons. The van der Waals surface area contributed by atoms with Gasteiger partial charge in [0.15, 0.2) is 9.84 Å². The van der Waals surface area contributed by atoms with Gasteiger partial charge in [-0.25, -0.2) is 13.4 Å². The fourth-order valence-corrected chi connectivity index (χ4v) is 3.77. The molecular formula is C15H25N3O2S. The van der Waals surface area contributed by atoms with E-state index in [0.29, 0.717) is 10.6 Å². The molecule has 0 aliphatic carbocycles. The van der Waals surface area contributed by atoms with Gasteiger partial charge in [-0.1, -0.05) is 0 Å². The van der Waals surface area contributed by atoms with Crippen LogP contribution in [0.4, 0.5) is 11.4 Å². The molecule has 1 aliphatic heterocycles. The van der Waals surface area contributed by atoms with E-state index < -0.39 is 15.1 Å². The first-order valence-corrected chi connectivity index (χ1v) is 9.08. The highest BCUT2D eigenvalue weighted by atomic mass is 32.2. The maximum atomic E-state index is 12.2. The summed E-state index contributed by atoms with van der Waals surface area (Å²) in [7, 11) is -3.28. The van der Waals surface area contributed by atoms with E-state index >= 15 is 0 Å². The van der Waals surface area contributed by atoms with E-state index in [9.17, 15) is 8.42 Å². The lowest BCUT2D eigenvalue weighted by atomic mass is 10.2. The summed E-state index contributed by atoms with van der Waals surface area (Å²) in [5.74, 6) is 0. The fourth-order valence-electron chi connectivity index (χ4n) is 2.68. The summed E-state index contributed by atoms with van der Waals surface area (Å²) in [5.41, 5.74) is 7.54. The van der Waals surface area contributed by atoms with Gasteiger partial charge in [0.05, 0.1) is 21.5 Å². The highest BCUT2D eigenvalue weighted by molar-refractivity contribution is 7.92. The molecule has 0 radical (unpaired) electrons. The second kappa shape index (κ2) is 6.23. The number of rotatable bonds is 5. The van der Waals surface area contributed by atoms with Gasteiger partial charge in [0.2, 0.25) is 0 Å². The third-order valence-electron chi connectivity index (χ3n) is 3.95. The molecule has 0 atom stereocenters. The molecule has 0 aromatic heterocycles. The van der Waals surface area contributed by atoms with Crippen LogP contribution in [0.2, 0.25) is 0 Å².